The Kier molecular flexibility index (Phi) is 7.22. The summed E-state index contributed by atoms with van der Waals surface area (Å²) in [6, 6.07) is 9.28. The van der Waals surface area contributed by atoms with Crippen LogP contribution in [0.5, 0.6) is 5.75 Å². The lowest BCUT2D eigenvalue weighted by molar-refractivity contribution is -0.121. The summed E-state index contributed by atoms with van der Waals surface area (Å²) in [6.45, 7) is 3.66. The van der Waals surface area contributed by atoms with Crippen LogP contribution in [-0.4, -0.2) is 48.4 Å². The molecular weight excluding hydrogens is 436 g/mol. The number of halogens is 1. The Morgan fingerprint density at radius 3 is 2.62 bits per heavy atom. The molecule has 0 aliphatic carbocycles. The first-order valence-electron chi connectivity index (χ1n) is 9.54. The minimum Gasteiger partial charge on any atom is -0.495 e. The van der Waals surface area contributed by atoms with Crippen molar-refractivity contribution in [3.63, 3.8) is 0 Å². The number of carbonyl (C=O) groups is 2. The summed E-state index contributed by atoms with van der Waals surface area (Å²) in [7, 11) is 1.58. The molecule has 3 rings (SSSR count). The van der Waals surface area contributed by atoms with Crippen molar-refractivity contribution >= 4 is 39.2 Å². The molecule has 2 aromatic rings. The number of amides is 2. The standard InChI is InChI=1S/C21H25BrN4O3/c1-14-3-5-18(29-2)17(11-14)24-20(27)13-26-9-7-15(8-10-26)21(28)25-19-6-4-16(22)12-23-19/h3-6,11-12,15H,7-10,13H2,1-2H3,(H,24,27)(H,23,25,28). The molecule has 2 heterocycles. The van der Waals surface area contributed by atoms with E-state index in [0.29, 0.717) is 49.7 Å². The van der Waals surface area contributed by atoms with Gasteiger partial charge in [-0.3, -0.25) is 14.5 Å². The third-order valence-corrected chi connectivity index (χ3v) is 5.40. The summed E-state index contributed by atoms with van der Waals surface area (Å²) in [5.41, 5.74) is 1.72. The van der Waals surface area contributed by atoms with Gasteiger partial charge in [0.15, 0.2) is 0 Å². The first kappa shape index (κ1) is 21.3. The van der Waals surface area contributed by atoms with Crippen LogP contribution in [0, 0.1) is 12.8 Å². The lowest BCUT2D eigenvalue weighted by atomic mass is 9.96. The molecule has 0 bridgehead atoms. The molecular formula is C21H25BrN4O3. The normalized spacial score (nSPS) is 15.0. The highest BCUT2D eigenvalue weighted by atomic mass is 79.9. The van der Waals surface area contributed by atoms with Crippen molar-refractivity contribution in [1.29, 1.82) is 0 Å². The van der Waals surface area contributed by atoms with Crippen molar-refractivity contribution in [3.8, 4) is 5.75 Å². The quantitative estimate of drug-likeness (QED) is 0.689. The van der Waals surface area contributed by atoms with Crippen molar-refractivity contribution in [2.24, 2.45) is 5.92 Å². The van der Waals surface area contributed by atoms with Gasteiger partial charge in [0.2, 0.25) is 11.8 Å². The van der Waals surface area contributed by atoms with Gasteiger partial charge in [0, 0.05) is 16.6 Å². The molecule has 0 saturated carbocycles. The zero-order chi connectivity index (χ0) is 20.8. The van der Waals surface area contributed by atoms with Gasteiger partial charge in [-0.15, -0.1) is 0 Å². The Hall–Kier alpha value is -2.45. The van der Waals surface area contributed by atoms with Crippen LogP contribution < -0.4 is 15.4 Å². The van der Waals surface area contributed by atoms with Gasteiger partial charge in [-0.25, -0.2) is 4.98 Å². The van der Waals surface area contributed by atoms with Crippen molar-refractivity contribution in [1.82, 2.24) is 9.88 Å². The molecule has 29 heavy (non-hydrogen) atoms. The number of nitrogens with zero attached hydrogens (tertiary/aromatic N) is 2. The number of benzene rings is 1. The molecule has 154 valence electrons. The number of piperidine rings is 1. The van der Waals surface area contributed by atoms with Crippen molar-refractivity contribution in [3.05, 3.63) is 46.6 Å². The van der Waals surface area contributed by atoms with Crippen LogP contribution in [-0.2, 0) is 9.59 Å². The molecule has 1 aliphatic rings. The van der Waals surface area contributed by atoms with Gasteiger partial charge in [-0.05, 0) is 78.6 Å². The van der Waals surface area contributed by atoms with Crippen LogP contribution in [0.3, 0.4) is 0 Å². The molecule has 0 atom stereocenters. The molecule has 7 nitrogen and oxygen atoms in total. The highest BCUT2D eigenvalue weighted by Crippen LogP contribution is 2.25. The molecule has 2 N–H and O–H groups in total. The fraction of sp³-hybridized carbons (Fsp3) is 0.381. The summed E-state index contributed by atoms with van der Waals surface area (Å²) in [6.07, 6.45) is 3.08. The molecule has 1 saturated heterocycles. The number of ether oxygens (including phenoxy) is 1. The Labute approximate surface area is 179 Å². The Bertz CT molecular complexity index is 865. The van der Waals surface area contributed by atoms with E-state index in [-0.39, 0.29) is 17.7 Å². The predicted octanol–water partition coefficient (Wildman–Crippen LogP) is 3.45. The summed E-state index contributed by atoms with van der Waals surface area (Å²) < 4.78 is 6.17. The number of anilines is 2. The second kappa shape index (κ2) is 9.84. The van der Waals surface area contributed by atoms with Crippen LogP contribution in [0.15, 0.2) is 41.0 Å². The van der Waals surface area contributed by atoms with Gasteiger partial charge < -0.3 is 15.4 Å². The summed E-state index contributed by atoms with van der Waals surface area (Å²) in [4.78, 5) is 31.1. The van der Waals surface area contributed by atoms with Crippen LogP contribution in [0.1, 0.15) is 18.4 Å². The topological polar surface area (TPSA) is 83.6 Å². The summed E-state index contributed by atoms with van der Waals surface area (Å²) >= 11 is 3.33. The van der Waals surface area contributed by atoms with Gasteiger partial charge in [0.25, 0.3) is 0 Å². The number of hydrogen-bond acceptors (Lipinski definition) is 5. The number of methoxy groups -OCH3 is 1. The Morgan fingerprint density at radius 2 is 1.97 bits per heavy atom. The number of rotatable bonds is 6. The van der Waals surface area contributed by atoms with Crippen molar-refractivity contribution < 1.29 is 14.3 Å². The van der Waals surface area contributed by atoms with E-state index in [9.17, 15) is 9.59 Å². The third-order valence-electron chi connectivity index (χ3n) is 4.93. The van der Waals surface area contributed by atoms with Gasteiger partial charge in [0.05, 0.1) is 19.3 Å². The molecule has 8 heteroatoms. The molecule has 0 radical (unpaired) electrons. The fourth-order valence-corrected chi connectivity index (χ4v) is 3.58. The van der Waals surface area contributed by atoms with E-state index in [1.807, 2.05) is 31.2 Å². The molecule has 2 amide bonds. The Morgan fingerprint density at radius 1 is 1.21 bits per heavy atom. The zero-order valence-electron chi connectivity index (χ0n) is 16.6. The number of aromatic nitrogens is 1. The largest absolute Gasteiger partial charge is 0.495 e. The number of carbonyl (C=O) groups excluding carboxylic acids is 2. The van der Waals surface area contributed by atoms with E-state index in [0.717, 1.165) is 10.0 Å². The van der Waals surface area contributed by atoms with Gasteiger partial charge >= 0.3 is 0 Å². The smallest absolute Gasteiger partial charge is 0.238 e. The maximum absolute atomic E-state index is 12.5. The summed E-state index contributed by atoms with van der Waals surface area (Å²) in [5, 5.41) is 5.79. The molecule has 1 aliphatic heterocycles. The minimum absolute atomic E-state index is 0.0200. The number of likely N-dealkylation sites (tertiary alicyclic amines) is 1. The van der Waals surface area contributed by atoms with E-state index >= 15 is 0 Å². The average Bonchev–Trinajstić information content (AvgIpc) is 2.70. The predicted molar refractivity (Wildman–Crippen MR) is 116 cm³/mol. The first-order chi connectivity index (χ1) is 13.9. The van der Waals surface area contributed by atoms with Crippen LogP contribution >= 0.6 is 15.9 Å². The fourth-order valence-electron chi connectivity index (χ4n) is 3.34. The van der Waals surface area contributed by atoms with E-state index in [1.54, 1.807) is 19.4 Å². The number of hydrogen-bond donors (Lipinski definition) is 2. The maximum atomic E-state index is 12.5. The van der Waals surface area contributed by atoms with E-state index < -0.39 is 0 Å². The maximum Gasteiger partial charge on any atom is 0.238 e. The number of pyridine rings is 1. The summed E-state index contributed by atoms with van der Waals surface area (Å²) in [5.74, 6) is 1.01. The zero-order valence-corrected chi connectivity index (χ0v) is 18.2. The van der Waals surface area contributed by atoms with Gasteiger partial charge in [-0.1, -0.05) is 6.07 Å². The lowest BCUT2D eigenvalue weighted by Crippen LogP contribution is -2.41. The minimum atomic E-state index is -0.0872. The molecule has 1 aromatic carbocycles. The highest BCUT2D eigenvalue weighted by molar-refractivity contribution is 9.10. The lowest BCUT2D eigenvalue weighted by Gasteiger charge is -2.30. The highest BCUT2D eigenvalue weighted by Gasteiger charge is 2.26. The van der Waals surface area contributed by atoms with E-state index in [4.69, 9.17) is 4.74 Å². The molecule has 0 unspecified atom stereocenters. The van der Waals surface area contributed by atoms with Gasteiger partial charge in [0.1, 0.15) is 11.6 Å². The Balaban J connectivity index is 1.47. The number of aryl methyl sites for hydroxylation is 1. The van der Waals surface area contributed by atoms with Crippen LogP contribution in [0.25, 0.3) is 0 Å². The molecule has 0 spiro atoms. The van der Waals surface area contributed by atoms with Crippen LogP contribution in [0.4, 0.5) is 11.5 Å². The second-order valence-corrected chi connectivity index (χ2v) is 8.07. The van der Waals surface area contributed by atoms with Crippen molar-refractivity contribution in [2.75, 3.05) is 37.4 Å². The molecule has 1 aromatic heterocycles. The number of nitrogens with one attached hydrogen (secondary N) is 2. The van der Waals surface area contributed by atoms with Gasteiger partial charge in [-0.2, -0.15) is 0 Å². The molecule has 1 fully saturated rings. The average molecular weight is 461 g/mol. The van der Waals surface area contributed by atoms with Crippen LogP contribution in [0.2, 0.25) is 0 Å². The van der Waals surface area contributed by atoms with E-state index in [1.165, 1.54) is 0 Å². The second-order valence-electron chi connectivity index (χ2n) is 7.15. The third kappa shape index (κ3) is 6.01. The van der Waals surface area contributed by atoms with Crippen molar-refractivity contribution in [2.45, 2.75) is 19.8 Å². The monoisotopic (exact) mass is 460 g/mol. The SMILES string of the molecule is COc1ccc(C)cc1NC(=O)CN1CCC(C(=O)Nc2ccc(Br)cn2)CC1. The first-order valence-corrected chi connectivity index (χ1v) is 10.3. The van der Waals surface area contributed by atoms with E-state index in [2.05, 4.69) is 36.4 Å².